The van der Waals surface area contributed by atoms with Crippen molar-refractivity contribution < 1.29 is 0 Å². The van der Waals surface area contributed by atoms with Crippen LogP contribution < -0.4 is 0 Å². The molecular formula is C25H37NS4. The van der Waals surface area contributed by atoms with E-state index in [1.165, 1.54) is 57.1 Å². The third kappa shape index (κ3) is 10.4. The smallest absolute Gasteiger partial charge is 0.0602 e. The summed E-state index contributed by atoms with van der Waals surface area (Å²) >= 11 is 8.31. The van der Waals surface area contributed by atoms with Crippen LogP contribution in [0.1, 0.15) is 31.0 Å². The van der Waals surface area contributed by atoms with Gasteiger partial charge in [-0.25, -0.2) is 0 Å². The lowest BCUT2D eigenvalue weighted by Crippen LogP contribution is -2.34. The van der Waals surface area contributed by atoms with E-state index >= 15 is 0 Å². The number of hydrogen-bond acceptors (Lipinski definition) is 5. The van der Waals surface area contributed by atoms with Crippen molar-refractivity contribution in [1.82, 2.24) is 4.90 Å². The number of thioether (sulfide) groups is 4. The van der Waals surface area contributed by atoms with Gasteiger partial charge < -0.3 is 0 Å². The predicted molar refractivity (Wildman–Crippen MR) is 147 cm³/mol. The van der Waals surface area contributed by atoms with Gasteiger partial charge in [-0.3, -0.25) is 4.90 Å². The van der Waals surface area contributed by atoms with Crippen LogP contribution >= 0.6 is 47.0 Å². The fourth-order valence-corrected chi connectivity index (χ4v) is 6.95. The molecule has 1 nitrogen and oxygen atoms in total. The molecule has 0 bridgehead atoms. The number of rotatable bonds is 17. The lowest BCUT2D eigenvalue weighted by atomic mass is 9.97. The van der Waals surface area contributed by atoms with Crippen molar-refractivity contribution in [2.24, 2.45) is 0 Å². The first-order chi connectivity index (χ1) is 14.9. The van der Waals surface area contributed by atoms with Gasteiger partial charge in [-0.15, -0.1) is 0 Å². The third-order valence-electron chi connectivity index (χ3n) is 4.79. The van der Waals surface area contributed by atoms with E-state index in [0.29, 0.717) is 6.04 Å². The van der Waals surface area contributed by atoms with Crippen molar-refractivity contribution in [2.45, 2.75) is 19.9 Å². The summed E-state index contributed by atoms with van der Waals surface area (Å²) < 4.78 is 0. The van der Waals surface area contributed by atoms with E-state index in [2.05, 4.69) is 126 Å². The van der Waals surface area contributed by atoms with Crippen LogP contribution in [0.25, 0.3) is 0 Å². The SMILES string of the molecule is CCSCCSCCN(CCSCCSCC)C(c1ccccc1)c1ccccc1. The Kier molecular flexibility index (Phi) is 15.1. The maximum absolute atomic E-state index is 2.71. The number of benzene rings is 2. The topological polar surface area (TPSA) is 3.24 Å². The average Bonchev–Trinajstić information content (AvgIpc) is 2.79. The zero-order valence-electron chi connectivity index (χ0n) is 18.5. The van der Waals surface area contributed by atoms with Gasteiger partial charge in [0.15, 0.2) is 0 Å². The second-order valence-corrected chi connectivity index (χ2v) is 12.1. The Morgan fingerprint density at radius 1 is 0.567 bits per heavy atom. The monoisotopic (exact) mass is 479 g/mol. The van der Waals surface area contributed by atoms with Crippen LogP contribution in [0, 0.1) is 0 Å². The highest BCUT2D eigenvalue weighted by atomic mass is 32.2. The normalized spacial score (nSPS) is 11.5. The second kappa shape index (κ2) is 17.4. The van der Waals surface area contributed by atoms with Gasteiger partial charge in [0.1, 0.15) is 0 Å². The molecule has 30 heavy (non-hydrogen) atoms. The number of hydrogen-bond donors (Lipinski definition) is 0. The molecule has 0 aromatic heterocycles. The second-order valence-electron chi connectivity index (χ2n) is 6.88. The lowest BCUT2D eigenvalue weighted by molar-refractivity contribution is 0.255. The molecule has 0 spiro atoms. The summed E-state index contributed by atoms with van der Waals surface area (Å²) in [5.74, 6) is 9.93. The Morgan fingerprint density at radius 3 is 1.37 bits per heavy atom. The highest BCUT2D eigenvalue weighted by molar-refractivity contribution is 8.03. The molecule has 2 rings (SSSR count). The van der Waals surface area contributed by atoms with Crippen molar-refractivity contribution in [3.8, 4) is 0 Å². The van der Waals surface area contributed by atoms with Crippen LogP contribution in [0.5, 0.6) is 0 Å². The van der Waals surface area contributed by atoms with Crippen molar-refractivity contribution in [3.63, 3.8) is 0 Å². The van der Waals surface area contributed by atoms with Gasteiger partial charge in [0.05, 0.1) is 6.04 Å². The summed E-state index contributed by atoms with van der Waals surface area (Å²) in [7, 11) is 0. The van der Waals surface area contributed by atoms with Crippen molar-refractivity contribution in [3.05, 3.63) is 71.8 Å². The molecule has 0 radical (unpaired) electrons. The summed E-state index contributed by atoms with van der Waals surface area (Å²) in [6.45, 7) is 6.77. The fourth-order valence-electron chi connectivity index (χ4n) is 3.35. The highest BCUT2D eigenvalue weighted by Crippen LogP contribution is 2.29. The first kappa shape index (κ1) is 26.1. The molecule has 2 aromatic carbocycles. The molecule has 166 valence electrons. The molecule has 0 N–H and O–H groups in total. The molecule has 0 saturated heterocycles. The Hall–Kier alpha value is -0.200. The van der Waals surface area contributed by atoms with E-state index in [9.17, 15) is 0 Å². The van der Waals surface area contributed by atoms with Gasteiger partial charge in [-0.1, -0.05) is 74.5 Å². The lowest BCUT2D eigenvalue weighted by Gasteiger charge is -2.32. The van der Waals surface area contributed by atoms with Gasteiger partial charge in [0.25, 0.3) is 0 Å². The minimum Gasteiger partial charge on any atom is -0.291 e. The third-order valence-corrected chi connectivity index (χ3v) is 9.04. The zero-order valence-corrected chi connectivity index (χ0v) is 21.8. The van der Waals surface area contributed by atoms with Crippen LogP contribution in [-0.2, 0) is 0 Å². The Balaban J connectivity index is 2.04. The molecule has 0 aliphatic heterocycles. The molecule has 0 fully saturated rings. The molecule has 0 aliphatic rings. The van der Waals surface area contributed by atoms with Crippen molar-refractivity contribution in [1.29, 1.82) is 0 Å². The fraction of sp³-hybridized carbons (Fsp3) is 0.520. The first-order valence-corrected chi connectivity index (χ1v) is 15.6. The molecular weight excluding hydrogens is 443 g/mol. The minimum atomic E-state index is 0.337. The predicted octanol–water partition coefficient (Wildman–Crippen LogP) is 7.05. The van der Waals surface area contributed by atoms with Gasteiger partial charge >= 0.3 is 0 Å². The van der Waals surface area contributed by atoms with E-state index in [1.54, 1.807) is 0 Å². The Morgan fingerprint density at radius 2 is 0.967 bits per heavy atom. The molecule has 0 amide bonds. The van der Waals surface area contributed by atoms with Crippen LogP contribution in [0.4, 0.5) is 0 Å². The van der Waals surface area contributed by atoms with E-state index in [-0.39, 0.29) is 0 Å². The van der Waals surface area contributed by atoms with Crippen LogP contribution in [0.2, 0.25) is 0 Å². The highest BCUT2D eigenvalue weighted by Gasteiger charge is 2.21. The molecule has 0 saturated carbocycles. The maximum Gasteiger partial charge on any atom is 0.0602 e. The van der Waals surface area contributed by atoms with Gasteiger partial charge in [-0.05, 0) is 22.6 Å². The average molecular weight is 480 g/mol. The van der Waals surface area contributed by atoms with E-state index in [4.69, 9.17) is 0 Å². The molecule has 0 atom stereocenters. The molecule has 0 heterocycles. The quantitative estimate of drug-likeness (QED) is 0.223. The van der Waals surface area contributed by atoms with E-state index in [1.807, 2.05) is 0 Å². The van der Waals surface area contributed by atoms with Gasteiger partial charge in [0.2, 0.25) is 0 Å². The Bertz CT molecular complexity index is 583. The largest absolute Gasteiger partial charge is 0.291 e. The molecule has 0 aliphatic carbocycles. The first-order valence-electron chi connectivity index (χ1n) is 11.0. The van der Waals surface area contributed by atoms with Gasteiger partial charge in [0, 0.05) is 47.6 Å². The summed E-state index contributed by atoms with van der Waals surface area (Å²) in [6.07, 6.45) is 0. The minimum absolute atomic E-state index is 0.337. The summed E-state index contributed by atoms with van der Waals surface area (Å²) in [6, 6.07) is 22.5. The zero-order chi connectivity index (χ0) is 21.3. The van der Waals surface area contributed by atoms with Crippen LogP contribution in [0.15, 0.2) is 60.7 Å². The number of nitrogens with zero attached hydrogens (tertiary/aromatic N) is 1. The Labute approximate surface area is 201 Å². The van der Waals surface area contributed by atoms with E-state index in [0.717, 1.165) is 13.1 Å². The van der Waals surface area contributed by atoms with Crippen molar-refractivity contribution in [2.75, 3.05) is 59.1 Å². The standard InChI is InChI=1S/C25H37NS4/c1-3-27-19-21-29-17-15-26(16-18-30-22-20-28-4-2)25(23-11-7-5-8-12-23)24-13-9-6-10-14-24/h5-14,25H,3-4,15-22H2,1-2H3. The van der Waals surface area contributed by atoms with Crippen LogP contribution in [0.3, 0.4) is 0 Å². The maximum atomic E-state index is 2.71. The summed E-state index contributed by atoms with van der Waals surface area (Å²) in [5, 5.41) is 0. The molecule has 0 unspecified atom stereocenters. The van der Waals surface area contributed by atoms with Crippen molar-refractivity contribution >= 4 is 47.0 Å². The summed E-state index contributed by atoms with van der Waals surface area (Å²) in [4.78, 5) is 2.71. The molecule has 5 heteroatoms. The summed E-state index contributed by atoms with van der Waals surface area (Å²) in [5.41, 5.74) is 2.81. The van der Waals surface area contributed by atoms with E-state index < -0.39 is 0 Å². The van der Waals surface area contributed by atoms with Crippen LogP contribution in [-0.4, -0.2) is 64.0 Å². The molecule has 2 aromatic rings. The van der Waals surface area contributed by atoms with Gasteiger partial charge in [-0.2, -0.15) is 47.0 Å².